The van der Waals surface area contributed by atoms with Crippen molar-refractivity contribution in [1.82, 2.24) is 9.97 Å². The van der Waals surface area contributed by atoms with Crippen molar-refractivity contribution in [2.24, 2.45) is 0 Å². The number of anilines is 4. The van der Waals surface area contributed by atoms with E-state index in [1.165, 1.54) is 0 Å². The number of benzene rings is 1. The van der Waals surface area contributed by atoms with Crippen LogP contribution >= 0.6 is 0 Å². The molecule has 1 aromatic carbocycles. The van der Waals surface area contributed by atoms with Crippen molar-refractivity contribution >= 4 is 29.0 Å². The Labute approximate surface area is 138 Å². The lowest BCUT2D eigenvalue weighted by Crippen LogP contribution is -2.20. The topological polar surface area (TPSA) is 128 Å². The molecule has 1 aliphatic heterocycles. The van der Waals surface area contributed by atoms with Gasteiger partial charge in [-0.25, -0.2) is 0 Å². The van der Waals surface area contributed by atoms with Gasteiger partial charge in [0.05, 0.1) is 11.0 Å². The van der Waals surface area contributed by atoms with Crippen molar-refractivity contribution in [1.29, 1.82) is 0 Å². The summed E-state index contributed by atoms with van der Waals surface area (Å²) < 4.78 is 5.52. The van der Waals surface area contributed by atoms with Gasteiger partial charge in [-0.3, -0.25) is 10.1 Å². The van der Waals surface area contributed by atoms with Crippen molar-refractivity contribution in [3.63, 3.8) is 0 Å². The van der Waals surface area contributed by atoms with Crippen LogP contribution in [0.1, 0.15) is 12.8 Å². The third kappa shape index (κ3) is 3.69. The Morgan fingerprint density at radius 2 is 2.12 bits per heavy atom. The highest BCUT2D eigenvalue weighted by atomic mass is 16.6. The third-order valence-corrected chi connectivity index (χ3v) is 3.64. The number of aromatic nitrogens is 2. The summed E-state index contributed by atoms with van der Waals surface area (Å²) >= 11 is 0. The Morgan fingerprint density at radius 3 is 2.79 bits per heavy atom. The third-order valence-electron chi connectivity index (χ3n) is 3.64. The predicted molar refractivity (Wildman–Crippen MR) is 90.3 cm³/mol. The quantitative estimate of drug-likeness (QED) is 0.543. The van der Waals surface area contributed by atoms with Gasteiger partial charge in [0.15, 0.2) is 0 Å². The lowest BCUT2D eigenvalue weighted by molar-refractivity contribution is -0.383. The number of para-hydroxylation sites is 1. The molecule has 1 aromatic heterocycles. The fraction of sp³-hybridized carbons (Fsp3) is 0.333. The second kappa shape index (κ2) is 7.09. The molecule has 0 unspecified atom stereocenters. The van der Waals surface area contributed by atoms with Gasteiger partial charge in [-0.15, -0.1) is 0 Å². The lowest BCUT2D eigenvalue weighted by atomic mass is 10.2. The molecule has 9 heteroatoms. The van der Waals surface area contributed by atoms with Crippen molar-refractivity contribution in [3.05, 3.63) is 40.4 Å². The molecule has 24 heavy (non-hydrogen) atoms. The number of nitrogen functional groups attached to an aromatic ring is 1. The highest BCUT2D eigenvalue weighted by Gasteiger charge is 2.24. The van der Waals surface area contributed by atoms with Gasteiger partial charge in [-0.2, -0.15) is 9.97 Å². The summed E-state index contributed by atoms with van der Waals surface area (Å²) in [5.41, 5.74) is 6.08. The molecule has 0 saturated carbocycles. The Kier molecular flexibility index (Phi) is 4.71. The first-order chi connectivity index (χ1) is 11.6. The fourth-order valence-corrected chi connectivity index (χ4v) is 2.49. The summed E-state index contributed by atoms with van der Waals surface area (Å²) in [4.78, 5) is 18.9. The zero-order valence-corrected chi connectivity index (χ0v) is 12.9. The van der Waals surface area contributed by atoms with Crippen molar-refractivity contribution in [2.45, 2.75) is 18.9 Å². The molecule has 9 nitrogen and oxygen atoms in total. The van der Waals surface area contributed by atoms with E-state index in [4.69, 9.17) is 10.5 Å². The van der Waals surface area contributed by atoms with E-state index < -0.39 is 4.92 Å². The number of hydrogen-bond acceptors (Lipinski definition) is 8. The summed E-state index contributed by atoms with van der Waals surface area (Å²) in [6.45, 7) is 1.28. The second-order valence-electron chi connectivity index (χ2n) is 5.39. The maximum Gasteiger partial charge on any atom is 0.353 e. The van der Waals surface area contributed by atoms with Crippen LogP contribution in [0.5, 0.6) is 0 Å². The van der Waals surface area contributed by atoms with Crippen LogP contribution in [0.4, 0.5) is 29.0 Å². The van der Waals surface area contributed by atoms with E-state index in [2.05, 4.69) is 20.6 Å². The molecule has 0 bridgehead atoms. The summed E-state index contributed by atoms with van der Waals surface area (Å²) in [5.74, 6) is 0.0869. The number of ether oxygens (including phenoxy) is 1. The van der Waals surface area contributed by atoms with Gasteiger partial charge in [0, 0.05) is 18.8 Å². The Hall–Kier alpha value is -2.94. The molecule has 1 aliphatic rings. The summed E-state index contributed by atoms with van der Waals surface area (Å²) in [7, 11) is 0. The largest absolute Gasteiger partial charge is 0.378 e. The Bertz CT molecular complexity index is 719. The van der Waals surface area contributed by atoms with Gasteiger partial charge >= 0.3 is 5.69 Å². The molecule has 1 saturated heterocycles. The standard InChI is InChI=1S/C15H18N6O3/c16-13-12(21(22)23)14(18-10-5-2-1-3-6-10)20-15(19-13)17-9-11-7-4-8-24-11/h1-3,5-6,11H,4,7-9H2,(H4,16,17,18,19,20)/t11-/m0/s1. The summed E-state index contributed by atoms with van der Waals surface area (Å²) in [6, 6.07) is 9.04. The summed E-state index contributed by atoms with van der Waals surface area (Å²) in [6.07, 6.45) is 2.08. The molecular formula is C15H18N6O3. The predicted octanol–water partition coefficient (Wildman–Crippen LogP) is 2.30. The Balaban J connectivity index is 1.84. The molecule has 0 amide bonds. The zero-order valence-electron chi connectivity index (χ0n) is 12.9. The van der Waals surface area contributed by atoms with E-state index in [0.717, 1.165) is 19.4 Å². The normalized spacial score (nSPS) is 16.8. The maximum atomic E-state index is 11.3. The van der Waals surface area contributed by atoms with Gasteiger partial charge in [-0.05, 0) is 25.0 Å². The van der Waals surface area contributed by atoms with Crippen LogP contribution in [-0.2, 0) is 4.74 Å². The van der Waals surface area contributed by atoms with Crippen LogP contribution in [0.15, 0.2) is 30.3 Å². The van der Waals surface area contributed by atoms with E-state index in [0.29, 0.717) is 12.2 Å². The average Bonchev–Trinajstić information content (AvgIpc) is 3.06. The summed E-state index contributed by atoms with van der Waals surface area (Å²) in [5, 5.41) is 17.2. The van der Waals surface area contributed by atoms with E-state index in [-0.39, 0.29) is 29.4 Å². The van der Waals surface area contributed by atoms with Crippen LogP contribution in [0.25, 0.3) is 0 Å². The average molecular weight is 330 g/mol. The number of nitrogens with one attached hydrogen (secondary N) is 2. The van der Waals surface area contributed by atoms with Gasteiger partial charge < -0.3 is 21.1 Å². The highest BCUT2D eigenvalue weighted by Crippen LogP contribution is 2.31. The number of hydrogen-bond donors (Lipinski definition) is 3. The van der Waals surface area contributed by atoms with E-state index >= 15 is 0 Å². The van der Waals surface area contributed by atoms with Crippen molar-refractivity contribution < 1.29 is 9.66 Å². The van der Waals surface area contributed by atoms with Gasteiger partial charge in [-0.1, -0.05) is 18.2 Å². The number of rotatable bonds is 6. The molecule has 0 spiro atoms. The van der Waals surface area contributed by atoms with Gasteiger partial charge in [0.2, 0.25) is 17.6 Å². The Morgan fingerprint density at radius 1 is 1.33 bits per heavy atom. The highest BCUT2D eigenvalue weighted by molar-refractivity contribution is 5.74. The first-order valence-electron chi connectivity index (χ1n) is 7.63. The maximum absolute atomic E-state index is 11.3. The minimum atomic E-state index is -0.593. The molecule has 3 rings (SSSR count). The van der Waals surface area contributed by atoms with Gasteiger partial charge in [0.25, 0.3) is 0 Å². The number of nitro groups is 1. The van der Waals surface area contributed by atoms with Crippen LogP contribution in [0.2, 0.25) is 0 Å². The molecule has 2 aromatic rings. The minimum Gasteiger partial charge on any atom is -0.378 e. The van der Waals surface area contributed by atoms with Crippen LogP contribution in [-0.4, -0.2) is 34.1 Å². The number of nitrogens with zero attached hydrogens (tertiary/aromatic N) is 3. The first-order valence-corrected chi connectivity index (χ1v) is 7.63. The van der Waals surface area contributed by atoms with E-state index in [9.17, 15) is 10.1 Å². The van der Waals surface area contributed by atoms with Crippen LogP contribution in [0, 0.1) is 10.1 Å². The molecule has 126 valence electrons. The van der Waals surface area contributed by atoms with Gasteiger partial charge in [0.1, 0.15) is 0 Å². The molecule has 1 fully saturated rings. The van der Waals surface area contributed by atoms with Crippen LogP contribution in [0.3, 0.4) is 0 Å². The molecule has 4 N–H and O–H groups in total. The lowest BCUT2D eigenvalue weighted by Gasteiger charge is -2.13. The van der Waals surface area contributed by atoms with Crippen LogP contribution < -0.4 is 16.4 Å². The number of nitrogens with two attached hydrogens (primary N) is 1. The zero-order chi connectivity index (χ0) is 16.9. The van der Waals surface area contributed by atoms with Crippen molar-refractivity contribution in [2.75, 3.05) is 29.5 Å². The van der Waals surface area contributed by atoms with E-state index in [1.54, 1.807) is 12.1 Å². The van der Waals surface area contributed by atoms with E-state index in [1.807, 2.05) is 18.2 Å². The molecule has 2 heterocycles. The SMILES string of the molecule is Nc1nc(NC[C@@H]2CCCO2)nc(Nc2ccccc2)c1[N+](=O)[O-]. The minimum absolute atomic E-state index is 0.0496. The second-order valence-corrected chi connectivity index (χ2v) is 5.39. The first kappa shape index (κ1) is 15.9. The fourth-order valence-electron chi connectivity index (χ4n) is 2.49. The molecule has 0 aliphatic carbocycles. The smallest absolute Gasteiger partial charge is 0.353 e. The molecular weight excluding hydrogens is 312 g/mol. The van der Waals surface area contributed by atoms with Crippen molar-refractivity contribution in [3.8, 4) is 0 Å². The monoisotopic (exact) mass is 330 g/mol. The molecule has 0 radical (unpaired) electrons. The molecule has 1 atom stereocenters.